The Balaban J connectivity index is 2.13. The van der Waals surface area contributed by atoms with Crippen LogP contribution >= 0.6 is 15.9 Å². The Hall–Kier alpha value is -1.13. The lowest BCUT2D eigenvalue weighted by atomic mass is 10.3. The van der Waals surface area contributed by atoms with Gasteiger partial charge in [-0.15, -0.1) is 0 Å². The maximum Gasteiger partial charge on any atom is 0.275 e. The van der Waals surface area contributed by atoms with Gasteiger partial charge in [-0.1, -0.05) is 0 Å². The Morgan fingerprint density at radius 2 is 1.86 bits per heavy atom. The predicted molar refractivity (Wildman–Crippen MR) is 79.8 cm³/mol. The summed E-state index contributed by atoms with van der Waals surface area (Å²) in [6.07, 6.45) is 1.17. The molecule has 0 unspecified atom stereocenters. The first-order valence-electron chi connectivity index (χ1n) is 6.26. The highest BCUT2D eigenvalue weighted by Gasteiger charge is 2.30. The molecule has 0 N–H and O–H groups in total. The molecule has 10 heteroatoms. The standard InChI is InChI=1S/C11H17BrN4O4S/c1-14-11(20-2)8(12)9(13-14)10(17)15-4-6-16(7-5-15)21(3,18)19/h4-7H2,1-3H3. The van der Waals surface area contributed by atoms with E-state index < -0.39 is 10.0 Å². The number of nitrogens with zero attached hydrogens (tertiary/aromatic N) is 4. The van der Waals surface area contributed by atoms with E-state index in [1.807, 2.05) is 0 Å². The Morgan fingerprint density at radius 3 is 2.29 bits per heavy atom. The molecule has 1 aromatic heterocycles. The third kappa shape index (κ3) is 3.22. The minimum absolute atomic E-state index is 0.242. The van der Waals surface area contributed by atoms with E-state index in [0.717, 1.165) is 0 Å². The summed E-state index contributed by atoms with van der Waals surface area (Å²) in [5.41, 5.74) is 0.266. The van der Waals surface area contributed by atoms with Crippen LogP contribution in [0.15, 0.2) is 4.47 Å². The van der Waals surface area contributed by atoms with Gasteiger partial charge in [0.2, 0.25) is 15.9 Å². The van der Waals surface area contributed by atoms with Crippen molar-refractivity contribution >= 4 is 31.9 Å². The summed E-state index contributed by atoms with van der Waals surface area (Å²) in [6, 6.07) is 0. The molecule has 2 rings (SSSR count). The summed E-state index contributed by atoms with van der Waals surface area (Å²) in [6.45, 7) is 1.28. The maximum atomic E-state index is 12.5. The number of ether oxygens (including phenoxy) is 1. The Morgan fingerprint density at radius 1 is 1.29 bits per heavy atom. The number of halogens is 1. The molecule has 0 radical (unpaired) electrons. The largest absolute Gasteiger partial charge is 0.480 e. The first-order chi connectivity index (χ1) is 9.75. The van der Waals surface area contributed by atoms with Crippen molar-refractivity contribution in [3.63, 3.8) is 0 Å². The van der Waals surface area contributed by atoms with Gasteiger partial charge < -0.3 is 9.64 Å². The monoisotopic (exact) mass is 380 g/mol. The fourth-order valence-electron chi connectivity index (χ4n) is 2.21. The molecule has 2 heterocycles. The van der Waals surface area contributed by atoms with Crippen molar-refractivity contribution in [3.05, 3.63) is 10.2 Å². The van der Waals surface area contributed by atoms with Crippen molar-refractivity contribution in [2.75, 3.05) is 39.5 Å². The molecular weight excluding hydrogens is 364 g/mol. The third-order valence-corrected chi connectivity index (χ3v) is 5.35. The Kier molecular flexibility index (Phi) is 4.59. The van der Waals surface area contributed by atoms with Crippen LogP contribution in [0.3, 0.4) is 0 Å². The molecule has 1 amide bonds. The minimum atomic E-state index is -3.21. The zero-order chi connectivity index (χ0) is 15.8. The molecule has 0 saturated carbocycles. The van der Waals surface area contributed by atoms with Crippen molar-refractivity contribution < 1.29 is 17.9 Å². The van der Waals surface area contributed by atoms with Crippen LogP contribution < -0.4 is 4.74 Å². The molecule has 0 aliphatic carbocycles. The van der Waals surface area contributed by atoms with Crippen molar-refractivity contribution in [2.45, 2.75) is 0 Å². The second kappa shape index (κ2) is 5.93. The van der Waals surface area contributed by atoms with E-state index in [-0.39, 0.29) is 11.6 Å². The van der Waals surface area contributed by atoms with Gasteiger partial charge in [-0.2, -0.15) is 9.40 Å². The van der Waals surface area contributed by atoms with E-state index in [0.29, 0.717) is 36.5 Å². The molecule has 0 spiro atoms. The van der Waals surface area contributed by atoms with E-state index in [1.54, 1.807) is 11.9 Å². The van der Waals surface area contributed by atoms with Crippen LogP contribution in [-0.2, 0) is 17.1 Å². The van der Waals surface area contributed by atoms with E-state index in [1.165, 1.54) is 22.4 Å². The average molecular weight is 381 g/mol. The minimum Gasteiger partial charge on any atom is -0.480 e. The summed E-state index contributed by atoms with van der Waals surface area (Å²) in [4.78, 5) is 14.0. The van der Waals surface area contributed by atoms with Gasteiger partial charge in [0.1, 0.15) is 4.47 Å². The smallest absolute Gasteiger partial charge is 0.275 e. The summed E-state index contributed by atoms with van der Waals surface area (Å²) < 4.78 is 31.4. The second-order valence-electron chi connectivity index (χ2n) is 4.75. The number of carbonyl (C=O) groups excluding carboxylic acids is 1. The molecule has 1 aliphatic rings. The lowest BCUT2D eigenvalue weighted by Gasteiger charge is -2.32. The number of carbonyl (C=O) groups is 1. The van der Waals surface area contributed by atoms with Crippen molar-refractivity contribution in [2.24, 2.45) is 7.05 Å². The van der Waals surface area contributed by atoms with Gasteiger partial charge in [-0.3, -0.25) is 4.79 Å². The normalized spacial score (nSPS) is 17.0. The summed E-state index contributed by atoms with van der Waals surface area (Å²) in [5, 5.41) is 4.15. The number of aromatic nitrogens is 2. The Labute approximate surface area is 131 Å². The third-order valence-electron chi connectivity index (χ3n) is 3.33. The van der Waals surface area contributed by atoms with E-state index in [2.05, 4.69) is 21.0 Å². The molecule has 0 bridgehead atoms. The quantitative estimate of drug-likeness (QED) is 0.731. The van der Waals surface area contributed by atoms with E-state index in [9.17, 15) is 13.2 Å². The number of rotatable bonds is 3. The summed E-state index contributed by atoms with van der Waals surface area (Å²) in [5.74, 6) is 0.224. The van der Waals surface area contributed by atoms with Gasteiger partial charge in [-0.05, 0) is 15.9 Å². The number of amides is 1. The van der Waals surface area contributed by atoms with E-state index in [4.69, 9.17) is 4.74 Å². The molecule has 21 heavy (non-hydrogen) atoms. The highest BCUT2D eigenvalue weighted by Crippen LogP contribution is 2.28. The summed E-state index contributed by atoms with van der Waals surface area (Å²) in [7, 11) is -0.0246. The van der Waals surface area contributed by atoms with Crippen molar-refractivity contribution in [3.8, 4) is 5.88 Å². The molecule has 118 valence electrons. The van der Waals surface area contributed by atoms with Crippen LogP contribution in [0.5, 0.6) is 5.88 Å². The second-order valence-corrected chi connectivity index (χ2v) is 7.53. The molecule has 1 fully saturated rings. The van der Waals surface area contributed by atoms with Gasteiger partial charge in [0, 0.05) is 33.2 Å². The first kappa shape index (κ1) is 16.2. The fourth-order valence-corrected chi connectivity index (χ4v) is 3.71. The molecule has 0 aromatic carbocycles. The van der Waals surface area contributed by atoms with E-state index >= 15 is 0 Å². The highest BCUT2D eigenvalue weighted by atomic mass is 79.9. The van der Waals surface area contributed by atoms with Crippen LogP contribution in [0.1, 0.15) is 10.5 Å². The number of hydrogen-bond acceptors (Lipinski definition) is 5. The average Bonchev–Trinajstić information content (AvgIpc) is 2.72. The summed E-state index contributed by atoms with van der Waals surface area (Å²) >= 11 is 3.31. The van der Waals surface area contributed by atoms with Gasteiger partial charge >= 0.3 is 0 Å². The molecule has 1 aromatic rings. The van der Waals surface area contributed by atoms with Crippen molar-refractivity contribution in [1.29, 1.82) is 0 Å². The van der Waals surface area contributed by atoms with Crippen molar-refractivity contribution in [1.82, 2.24) is 19.0 Å². The molecule has 1 saturated heterocycles. The highest BCUT2D eigenvalue weighted by molar-refractivity contribution is 9.10. The molecule has 1 aliphatic heterocycles. The first-order valence-corrected chi connectivity index (χ1v) is 8.90. The Bertz CT molecular complexity index is 649. The molecular formula is C11H17BrN4O4S. The van der Waals surface area contributed by atoms with Gasteiger partial charge in [-0.25, -0.2) is 13.1 Å². The van der Waals surface area contributed by atoms with Gasteiger partial charge in [0.15, 0.2) is 5.69 Å². The number of aryl methyl sites for hydroxylation is 1. The van der Waals surface area contributed by atoms with Crippen LogP contribution in [-0.4, -0.2) is 72.9 Å². The zero-order valence-electron chi connectivity index (χ0n) is 12.0. The van der Waals surface area contributed by atoms with Crippen LogP contribution in [0.4, 0.5) is 0 Å². The maximum absolute atomic E-state index is 12.5. The lowest BCUT2D eigenvalue weighted by Crippen LogP contribution is -2.50. The van der Waals surface area contributed by atoms with Crippen LogP contribution in [0, 0.1) is 0 Å². The van der Waals surface area contributed by atoms with Crippen LogP contribution in [0.2, 0.25) is 0 Å². The topological polar surface area (TPSA) is 84.7 Å². The zero-order valence-corrected chi connectivity index (χ0v) is 14.4. The number of methoxy groups -OCH3 is 1. The number of hydrogen-bond donors (Lipinski definition) is 0. The van der Waals surface area contributed by atoms with Gasteiger partial charge in [0.25, 0.3) is 5.91 Å². The molecule has 8 nitrogen and oxygen atoms in total. The predicted octanol–water partition coefficient (Wildman–Crippen LogP) is -0.0914. The number of sulfonamides is 1. The SMILES string of the molecule is COc1c(Br)c(C(=O)N2CCN(S(C)(=O)=O)CC2)nn1C. The van der Waals surface area contributed by atoms with Gasteiger partial charge in [0.05, 0.1) is 13.4 Å². The fraction of sp³-hybridized carbons (Fsp3) is 0.636. The number of piperazine rings is 1. The lowest BCUT2D eigenvalue weighted by molar-refractivity contribution is 0.0690. The van der Waals surface area contributed by atoms with Crippen LogP contribution in [0.25, 0.3) is 0 Å². The molecule has 0 atom stereocenters.